The Balaban J connectivity index is 1.70. The number of nitrogens with one attached hydrogen (secondary N) is 1. The number of aliphatic hydroxyl groups excluding tert-OH is 1. The highest BCUT2D eigenvalue weighted by molar-refractivity contribution is 5.87. The topological polar surface area (TPSA) is 82.8 Å². The Hall–Kier alpha value is -3.19. The van der Waals surface area contributed by atoms with Crippen molar-refractivity contribution in [2.45, 2.75) is 19.0 Å². The van der Waals surface area contributed by atoms with Crippen LogP contribution in [0.3, 0.4) is 0 Å². The van der Waals surface area contributed by atoms with Gasteiger partial charge in [-0.1, -0.05) is 36.9 Å². The molecule has 0 radical (unpaired) electrons. The number of benzene rings is 1. The number of hydrogen-bond donors (Lipinski definition) is 2. The monoisotopic (exact) mass is 363 g/mol. The fourth-order valence-corrected chi connectivity index (χ4v) is 3.58. The van der Waals surface area contributed by atoms with Gasteiger partial charge in [-0.15, -0.1) is 0 Å². The molecule has 0 spiro atoms. The lowest BCUT2D eigenvalue weighted by Gasteiger charge is -2.26. The molecule has 7 heteroatoms. The number of carbonyl (C=O) groups is 1. The molecule has 2 aromatic heterocycles. The summed E-state index contributed by atoms with van der Waals surface area (Å²) in [7, 11) is 0. The molecule has 27 heavy (non-hydrogen) atoms. The number of anilines is 1. The second-order valence-electron chi connectivity index (χ2n) is 6.54. The third-order valence-electron chi connectivity index (χ3n) is 4.94. The maximum atomic E-state index is 11.9. The molecule has 7 nitrogen and oxygen atoms in total. The van der Waals surface area contributed by atoms with Gasteiger partial charge in [-0.25, -0.2) is 9.50 Å². The van der Waals surface area contributed by atoms with E-state index in [4.69, 9.17) is 0 Å². The zero-order valence-electron chi connectivity index (χ0n) is 14.9. The molecule has 1 amide bonds. The summed E-state index contributed by atoms with van der Waals surface area (Å²) in [6.07, 6.45) is 5.51. The fraction of sp³-hybridized carbons (Fsp3) is 0.250. The first kappa shape index (κ1) is 17.2. The van der Waals surface area contributed by atoms with Gasteiger partial charge in [0.1, 0.15) is 11.8 Å². The van der Waals surface area contributed by atoms with Crippen LogP contribution in [0, 0.1) is 0 Å². The summed E-state index contributed by atoms with van der Waals surface area (Å²) >= 11 is 0. The van der Waals surface area contributed by atoms with E-state index in [1.807, 2.05) is 36.5 Å². The van der Waals surface area contributed by atoms with Crippen LogP contribution in [0.4, 0.5) is 5.82 Å². The molecule has 1 unspecified atom stereocenters. The summed E-state index contributed by atoms with van der Waals surface area (Å²) in [6.45, 7) is 4.68. The van der Waals surface area contributed by atoms with Crippen LogP contribution in [0.25, 0.3) is 5.52 Å². The Morgan fingerprint density at radius 3 is 2.93 bits per heavy atom. The minimum absolute atomic E-state index is 0.0509. The molecule has 1 aliphatic rings. The van der Waals surface area contributed by atoms with E-state index in [-0.39, 0.29) is 18.6 Å². The van der Waals surface area contributed by atoms with Crippen molar-refractivity contribution < 1.29 is 9.90 Å². The maximum Gasteiger partial charge on any atom is 0.246 e. The van der Waals surface area contributed by atoms with Crippen LogP contribution in [0.15, 0.2) is 55.5 Å². The number of hydrogen-bond acceptors (Lipinski definition) is 5. The molecule has 0 bridgehead atoms. The average molecular weight is 363 g/mol. The summed E-state index contributed by atoms with van der Waals surface area (Å²) in [4.78, 5) is 18.1. The van der Waals surface area contributed by atoms with Gasteiger partial charge in [0.05, 0.1) is 12.6 Å². The molecule has 0 saturated heterocycles. The van der Waals surface area contributed by atoms with Crippen molar-refractivity contribution in [3.8, 4) is 0 Å². The number of aliphatic hydroxyl groups is 1. The SMILES string of the molecule is C=CC(=O)N1CCc2c(cn3ncnc(NC(CO)c4ccccc4)c23)C1. The normalized spacial score (nSPS) is 14.6. The molecule has 3 heterocycles. The Morgan fingerprint density at radius 1 is 1.37 bits per heavy atom. The van der Waals surface area contributed by atoms with Crippen LogP contribution >= 0.6 is 0 Å². The van der Waals surface area contributed by atoms with Gasteiger partial charge in [-0.05, 0) is 29.2 Å². The average Bonchev–Trinajstić information content (AvgIpc) is 3.10. The van der Waals surface area contributed by atoms with Crippen LogP contribution < -0.4 is 5.32 Å². The largest absolute Gasteiger partial charge is 0.394 e. The zero-order valence-corrected chi connectivity index (χ0v) is 14.9. The molecular formula is C20H21N5O2. The number of rotatable bonds is 5. The summed E-state index contributed by atoms with van der Waals surface area (Å²) in [5, 5.41) is 17.5. The fourth-order valence-electron chi connectivity index (χ4n) is 3.58. The van der Waals surface area contributed by atoms with Gasteiger partial charge < -0.3 is 15.3 Å². The van der Waals surface area contributed by atoms with E-state index in [1.54, 1.807) is 9.42 Å². The molecule has 3 aromatic rings. The Bertz CT molecular complexity index is 983. The van der Waals surface area contributed by atoms with Crippen molar-refractivity contribution in [1.82, 2.24) is 19.5 Å². The Labute approximate surface area is 157 Å². The highest BCUT2D eigenvalue weighted by Crippen LogP contribution is 2.30. The molecule has 0 aliphatic carbocycles. The van der Waals surface area contributed by atoms with Crippen molar-refractivity contribution in [3.05, 3.63) is 72.2 Å². The van der Waals surface area contributed by atoms with E-state index in [0.717, 1.165) is 28.6 Å². The summed E-state index contributed by atoms with van der Waals surface area (Å²) < 4.78 is 1.79. The number of nitrogens with zero attached hydrogens (tertiary/aromatic N) is 4. The standard InChI is InChI=1S/C20H21N5O2/c1-2-18(27)24-9-8-16-15(10-24)11-25-19(16)20(21-13-22-25)23-17(12-26)14-6-4-3-5-7-14/h2-7,11,13,17,26H,1,8-10,12H2,(H,21,22,23). The molecule has 0 fully saturated rings. The maximum absolute atomic E-state index is 11.9. The van der Waals surface area contributed by atoms with E-state index in [2.05, 4.69) is 22.0 Å². The molecule has 4 rings (SSSR count). The third kappa shape index (κ3) is 3.17. The lowest BCUT2D eigenvalue weighted by molar-refractivity contribution is -0.126. The van der Waals surface area contributed by atoms with Crippen molar-refractivity contribution >= 4 is 17.2 Å². The van der Waals surface area contributed by atoms with Crippen LogP contribution in [0.5, 0.6) is 0 Å². The van der Waals surface area contributed by atoms with Gasteiger partial charge >= 0.3 is 0 Å². The first-order valence-corrected chi connectivity index (χ1v) is 8.89. The predicted octanol–water partition coefficient (Wildman–Crippen LogP) is 1.95. The Morgan fingerprint density at radius 2 is 2.19 bits per heavy atom. The first-order valence-electron chi connectivity index (χ1n) is 8.89. The number of amides is 1. The minimum atomic E-state index is -0.266. The summed E-state index contributed by atoms with van der Waals surface area (Å²) in [5.74, 6) is 0.613. The van der Waals surface area contributed by atoms with Crippen LogP contribution in [0.2, 0.25) is 0 Å². The van der Waals surface area contributed by atoms with Crippen LogP contribution in [-0.4, -0.2) is 43.7 Å². The summed E-state index contributed by atoms with van der Waals surface area (Å²) in [6, 6.07) is 9.51. The zero-order chi connectivity index (χ0) is 18.8. The molecular weight excluding hydrogens is 342 g/mol. The van der Waals surface area contributed by atoms with Gasteiger partial charge in [-0.3, -0.25) is 4.79 Å². The van der Waals surface area contributed by atoms with Gasteiger partial charge in [0.25, 0.3) is 0 Å². The number of aromatic nitrogens is 3. The lowest BCUT2D eigenvalue weighted by Crippen LogP contribution is -2.34. The molecule has 0 saturated carbocycles. The van der Waals surface area contributed by atoms with E-state index in [1.165, 1.54) is 12.4 Å². The van der Waals surface area contributed by atoms with Crippen molar-refractivity contribution in [3.63, 3.8) is 0 Å². The van der Waals surface area contributed by atoms with E-state index in [0.29, 0.717) is 18.9 Å². The molecule has 2 N–H and O–H groups in total. The second kappa shape index (κ2) is 7.20. The van der Waals surface area contributed by atoms with Crippen LogP contribution in [-0.2, 0) is 17.8 Å². The quantitative estimate of drug-likeness (QED) is 0.677. The third-order valence-corrected chi connectivity index (χ3v) is 4.94. The van der Waals surface area contributed by atoms with Crippen LogP contribution in [0.1, 0.15) is 22.7 Å². The smallest absolute Gasteiger partial charge is 0.246 e. The predicted molar refractivity (Wildman–Crippen MR) is 102 cm³/mol. The minimum Gasteiger partial charge on any atom is -0.394 e. The van der Waals surface area contributed by atoms with E-state index in [9.17, 15) is 9.90 Å². The second-order valence-corrected chi connectivity index (χ2v) is 6.54. The Kier molecular flexibility index (Phi) is 4.60. The molecule has 138 valence electrons. The number of fused-ring (bicyclic) bond motifs is 3. The van der Waals surface area contributed by atoms with E-state index >= 15 is 0 Å². The van der Waals surface area contributed by atoms with Gasteiger partial charge in [-0.2, -0.15) is 5.10 Å². The highest BCUT2D eigenvalue weighted by Gasteiger charge is 2.25. The van der Waals surface area contributed by atoms with Crippen molar-refractivity contribution in [2.75, 3.05) is 18.5 Å². The van der Waals surface area contributed by atoms with Gasteiger partial charge in [0.15, 0.2) is 5.82 Å². The summed E-state index contributed by atoms with van der Waals surface area (Å²) in [5.41, 5.74) is 4.07. The van der Waals surface area contributed by atoms with Crippen molar-refractivity contribution in [2.24, 2.45) is 0 Å². The van der Waals surface area contributed by atoms with E-state index < -0.39 is 0 Å². The highest BCUT2D eigenvalue weighted by atomic mass is 16.3. The lowest BCUT2D eigenvalue weighted by atomic mass is 10.0. The number of carbonyl (C=O) groups excluding carboxylic acids is 1. The first-order chi connectivity index (χ1) is 13.2. The van der Waals surface area contributed by atoms with Crippen molar-refractivity contribution in [1.29, 1.82) is 0 Å². The van der Waals surface area contributed by atoms with Gasteiger partial charge in [0, 0.05) is 19.3 Å². The molecule has 1 aliphatic heterocycles. The molecule has 1 aromatic carbocycles. The van der Waals surface area contributed by atoms with Gasteiger partial charge in [0.2, 0.25) is 5.91 Å². The molecule has 1 atom stereocenters.